The Kier molecular flexibility index (Phi) is 3.54. The van der Waals surface area contributed by atoms with E-state index in [4.69, 9.17) is 0 Å². The number of aromatic nitrogens is 1. The summed E-state index contributed by atoms with van der Waals surface area (Å²) in [7, 11) is 0. The molecule has 1 aliphatic rings. The summed E-state index contributed by atoms with van der Waals surface area (Å²) in [5.41, 5.74) is 3.12. The van der Waals surface area contributed by atoms with E-state index >= 15 is 0 Å². The fourth-order valence-corrected chi connectivity index (χ4v) is 2.85. The quantitative estimate of drug-likeness (QED) is 0.826. The van der Waals surface area contributed by atoms with Gasteiger partial charge in [0.25, 0.3) is 0 Å². The molecule has 0 saturated heterocycles. The van der Waals surface area contributed by atoms with Crippen LogP contribution in [0.2, 0.25) is 0 Å². The lowest BCUT2D eigenvalue weighted by molar-refractivity contribution is 0.490. The summed E-state index contributed by atoms with van der Waals surface area (Å²) < 4.78 is 0. The van der Waals surface area contributed by atoms with Crippen molar-refractivity contribution in [3.8, 4) is 0 Å². The van der Waals surface area contributed by atoms with Gasteiger partial charge in [0, 0.05) is 11.4 Å². The molecule has 2 rings (SSSR count). The van der Waals surface area contributed by atoms with Gasteiger partial charge in [-0.1, -0.05) is 12.8 Å². The first kappa shape index (κ1) is 10.1. The summed E-state index contributed by atoms with van der Waals surface area (Å²) >= 11 is 1.76. The van der Waals surface area contributed by atoms with Crippen molar-refractivity contribution < 1.29 is 0 Å². The first-order valence-electron chi connectivity index (χ1n) is 5.46. The molecule has 0 amide bonds. The third kappa shape index (κ3) is 2.55. The van der Waals surface area contributed by atoms with Gasteiger partial charge in [0.1, 0.15) is 0 Å². The molecule has 0 aliphatic heterocycles. The fraction of sp³-hybridized carbons (Fsp3) is 0.727. The second-order valence-corrected chi connectivity index (χ2v) is 5.08. The van der Waals surface area contributed by atoms with E-state index in [2.05, 4.69) is 17.2 Å². The molecule has 1 saturated carbocycles. The van der Waals surface area contributed by atoms with E-state index in [9.17, 15) is 0 Å². The van der Waals surface area contributed by atoms with Crippen LogP contribution in [0.1, 0.15) is 36.3 Å². The van der Waals surface area contributed by atoms with Crippen LogP contribution in [0.3, 0.4) is 0 Å². The maximum absolute atomic E-state index is 4.25. The molecule has 78 valence electrons. The summed E-state index contributed by atoms with van der Waals surface area (Å²) in [5.74, 6) is 0.934. The van der Waals surface area contributed by atoms with E-state index in [1.54, 1.807) is 11.3 Å². The van der Waals surface area contributed by atoms with Crippen molar-refractivity contribution in [1.29, 1.82) is 0 Å². The summed E-state index contributed by atoms with van der Waals surface area (Å²) in [6, 6.07) is 0. The molecule has 3 heteroatoms. The zero-order chi connectivity index (χ0) is 9.80. The zero-order valence-electron chi connectivity index (χ0n) is 8.75. The molecule has 1 aromatic heterocycles. The number of hydrogen-bond donors (Lipinski definition) is 1. The van der Waals surface area contributed by atoms with Crippen molar-refractivity contribution in [3.05, 3.63) is 16.1 Å². The molecule has 0 atom stereocenters. The average molecular weight is 210 g/mol. The Morgan fingerprint density at radius 2 is 2.29 bits per heavy atom. The summed E-state index contributed by atoms with van der Waals surface area (Å²) in [5, 5.41) is 3.54. The molecule has 1 N–H and O–H groups in total. The van der Waals surface area contributed by atoms with Crippen LogP contribution >= 0.6 is 11.3 Å². The maximum atomic E-state index is 4.25. The van der Waals surface area contributed by atoms with Crippen LogP contribution in [-0.4, -0.2) is 11.5 Å². The second-order valence-electron chi connectivity index (χ2n) is 4.14. The highest BCUT2D eigenvalue weighted by Crippen LogP contribution is 2.23. The third-order valence-corrected chi connectivity index (χ3v) is 3.97. The average Bonchev–Trinajstić information content (AvgIpc) is 2.78. The lowest BCUT2D eigenvalue weighted by Crippen LogP contribution is -2.20. The Balaban J connectivity index is 1.70. The SMILES string of the molecule is Cc1ncsc1CNCC1CCCC1. The van der Waals surface area contributed by atoms with E-state index in [0.29, 0.717) is 0 Å². The lowest BCUT2D eigenvalue weighted by atomic mass is 10.1. The standard InChI is InChI=1S/C11H18N2S/c1-9-11(14-8-13-9)7-12-6-10-4-2-3-5-10/h8,10,12H,2-7H2,1H3. The van der Waals surface area contributed by atoms with Crippen LogP contribution < -0.4 is 5.32 Å². The predicted octanol–water partition coefficient (Wildman–Crippen LogP) is 2.73. The van der Waals surface area contributed by atoms with Gasteiger partial charge in [0.05, 0.1) is 11.2 Å². The van der Waals surface area contributed by atoms with Crippen LogP contribution in [0, 0.1) is 12.8 Å². The minimum atomic E-state index is 0.934. The Morgan fingerprint density at radius 3 is 2.93 bits per heavy atom. The Morgan fingerprint density at radius 1 is 1.50 bits per heavy atom. The highest BCUT2D eigenvalue weighted by atomic mass is 32.1. The van der Waals surface area contributed by atoms with Gasteiger partial charge in [0.2, 0.25) is 0 Å². The normalized spacial score (nSPS) is 17.8. The van der Waals surface area contributed by atoms with Crippen molar-refractivity contribution in [2.75, 3.05) is 6.54 Å². The van der Waals surface area contributed by atoms with Gasteiger partial charge in [0.15, 0.2) is 0 Å². The molecule has 1 aromatic rings. The van der Waals surface area contributed by atoms with Crippen LogP contribution in [0.4, 0.5) is 0 Å². The molecule has 0 aromatic carbocycles. The minimum Gasteiger partial charge on any atom is -0.312 e. The molecular formula is C11H18N2S. The molecule has 1 aliphatic carbocycles. The summed E-state index contributed by atoms with van der Waals surface area (Å²) in [4.78, 5) is 5.64. The van der Waals surface area contributed by atoms with E-state index in [1.165, 1.54) is 42.8 Å². The van der Waals surface area contributed by atoms with Gasteiger partial charge in [-0.25, -0.2) is 4.98 Å². The van der Waals surface area contributed by atoms with Gasteiger partial charge in [-0.15, -0.1) is 11.3 Å². The van der Waals surface area contributed by atoms with E-state index in [-0.39, 0.29) is 0 Å². The molecule has 1 fully saturated rings. The number of hydrogen-bond acceptors (Lipinski definition) is 3. The van der Waals surface area contributed by atoms with Crippen LogP contribution in [0.25, 0.3) is 0 Å². The largest absolute Gasteiger partial charge is 0.312 e. The molecule has 0 unspecified atom stereocenters. The van der Waals surface area contributed by atoms with Crippen LogP contribution in [0.15, 0.2) is 5.51 Å². The first-order chi connectivity index (χ1) is 6.86. The Labute approximate surface area is 89.8 Å². The number of nitrogens with one attached hydrogen (secondary N) is 1. The number of rotatable bonds is 4. The Hall–Kier alpha value is -0.410. The molecule has 2 nitrogen and oxygen atoms in total. The van der Waals surface area contributed by atoms with Gasteiger partial charge in [-0.3, -0.25) is 0 Å². The number of thiazole rings is 1. The predicted molar refractivity (Wildman–Crippen MR) is 60.5 cm³/mol. The molecule has 1 heterocycles. The lowest BCUT2D eigenvalue weighted by Gasteiger charge is -2.09. The molecule has 0 bridgehead atoms. The molecule has 14 heavy (non-hydrogen) atoms. The second kappa shape index (κ2) is 4.89. The topological polar surface area (TPSA) is 24.9 Å². The Bertz CT molecular complexity index is 277. The fourth-order valence-electron chi connectivity index (χ4n) is 2.10. The maximum Gasteiger partial charge on any atom is 0.0798 e. The number of aryl methyl sites for hydroxylation is 1. The minimum absolute atomic E-state index is 0.934. The van der Waals surface area contributed by atoms with Gasteiger partial charge in [-0.05, 0) is 32.2 Å². The van der Waals surface area contributed by atoms with Crippen molar-refractivity contribution >= 4 is 11.3 Å². The van der Waals surface area contributed by atoms with Crippen molar-refractivity contribution in [2.45, 2.75) is 39.2 Å². The summed E-state index contributed by atoms with van der Waals surface area (Å²) in [6.45, 7) is 4.29. The van der Waals surface area contributed by atoms with Crippen LogP contribution in [0.5, 0.6) is 0 Å². The highest BCUT2D eigenvalue weighted by molar-refractivity contribution is 7.09. The number of nitrogens with zero attached hydrogens (tertiary/aromatic N) is 1. The van der Waals surface area contributed by atoms with Crippen molar-refractivity contribution in [2.24, 2.45) is 5.92 Å². The summed E-state index contributed by atoms with van der Waals surface area (Å²) in [6.07, 6.45) is 5.72. The van der Waals surface area contributed by atoms with E-state index in [0.717, 1.165) is 12.5 Å². The zero-order valence-corrected chi connectivity index (χ0v) is 9.57. The van der Waals surface area contributed by atoms with Gasteiger partial charge in [-0.2, -0.15) is 0 Å². The first-order valence-corrected chi connectivity index (χ1v) is 6.34. The van der Waals surface area contributed by atoms with E-state index < -0.39 is 0 Å². The molecule has 0 radical (unpaired) electrons. The van der Waals surface area contributed by atoms with E-state index in [1.807, 2.05) is 5.51 Å². The van der Waals surface area contributed by atoms with Crippen molar-refractivity contribution in [1.82, 2.24) is 10.3 Å². The monoisotopic (exact) mass is 210 g/mol. The smallest absolute Gasteiger partial charge is 0.0798 e. The van der Waals surface area contributed by atoms with Gasteiger partial charge < -0.3 is 5.32 Å². The molecule has 0 spiro atoms. The molecular weight excluding hydrogens is 192 g/mol. The van der Waals surface area contributed by atoms with Crippen LogP contribution in [-0.2, 0) is 6.54 Å². The highest BCUT2D eigenvalue weighted by Gasteiger charge is 2.14. The van der Waals surface area contributed by atoms with Crippen molar-refractivity contribution in [3.63, 3.8) is 0 Å². The van der Waals surface area contributed by atoms with Gasteiger partial charge >= 0.3 is 0 Å². The third-order valence-electron chi connectivity index (χ3n) is 3.04.